The van der Waals surface area contributed by atoms with Gasteiger partial charge in [0.15, 0.2) is 5.03 Å². The molecule has 0 bridgehead atoms. The number of nitrogens with zero attached hydrogens (tertiary/aromatic N) is 2. The normalized spacial score (nSPS) is 19.7. The van der Waals surface area contributed by atoms with Crippen molar-refractivity contribution < 1.29 is 13.2 Å². The minimum atomic E-state index is -3.81. The molecule has 0 saturated heterocycles. The van der Waals surface area contributed by atoms with Crippen molar-refractivity contribution in [1.82, 2.24) is 14.5 Å². The topological polar surface area (TPSA) is 95.2 Å². The van der Waals surface area contributed by atoms with Gasteiger partial charge in [-0.15, -0.1) is 0 Å². The summed E-state index contributed by atoms with van der Waals surface area (Å²) in [6, 6.07) is 7.71. The van der Waals surface area contributed by atoms with Crippen molar-refractivity contribution in [3.8, 4) is 0 Å². The first-order valence-corrected chi connectivity index (χ1v) is 7.84. The number of aromatic nitrogens is 2. The van der Waals surface area contributed by atoms with Gasteiger partial charge in [0.05, 0.1) is 6.20 Å². The Kier molecular flexibility index (Phi) is 3.26. The molecule has 1 atom stereocenters. The second-order valence-electron chi connectivity index (χ2n) is 4.79. The van der Waals surface area contributed by atoms with Gasteiger partial charge in [0.1, 0.15) is 6.04 Å². The molecule has 0 fully saturated rings. The smallest absolute Gasteiger partial charge is 0.260 e. The molecule has 1 aliphatic heterocycles. The predicted molar refractivity (Wildman–Crippen MR) is 75.9 cm³/mol. The van der Waals surface area contributed by atoms with E-state index in [-0.39, 0.29) is 17.5 Å². The third-order valence-corrected chi connectivity index (χ3v) is 5.32. The molecule has 1 unspecified atom stereocenters. The van der Waals surface area contributed by atoms with Crippen LogP contribution in [-0.2, 0) is 21.4 Å². The van der Waals surface area contributed by atoms with Crippen molar-refractivity contribution in [3.05, 3.63) is 42.1 Å². The molecule has 2 N–H and O–H groups in total. The maximum absolute atomic E-state index is 12.6. The summed E-state index contributed by atoms with van der Waals surface area (Å²) in [6.07, 6.45) is 1.36. The van der Waals surface area contributed by atoms with E-state index in [1.54, 1.807) is 25.1 Å². The van der Waals surface area contributed by atoms with Crippen LogP contribution in [0.4, 0.5) is 5.69 Å². The zero-order valence-corrected chi connectivity index (χ0v) is 12.1. The molecule has 110 valence electrons. The lowest BCUT2D eigenvalue weighted by atomic mass is 10.2. The number of para-hydroxylation sites is 1. The summed E-state index contributed by atoms with van der Waals surface area (Å²) in [5.74, 6) is -0.358. The van der Waals surface area contributed by atoms with Gasteiger partial charge >= 0.3 is 0 Å². The first-order chi connectivity index (χ1) is 10.00. The third-order valence-electron chi connectivity index (χ3n) is 3.47. The lowest BCUT2D eigenvalue weighted by Gasteiger charge is -2.23. The molecular weight excluding hydrogens is 292 g/mol. The molecule has 0 saturated carbocycles. The minimum Gasteiger partial charge on any atom is -0.324 e. The first-order valence-electron chi connectivity index (χ1n) is 6.40. The minimum absolute atomic E-state index is 0.0264. The highest BCUT2D eigenvalue weighted by atomic mass is 32.2. The molecule has 1 aromatic carbocycles. The third kappa shape index (κ3) is 2.32. The van der Waals surface area contributed by atoms with E-state index < -0.39 is 16.1 Å². The summed E-state index contributed by atoms with van der Waals surface area (Å²) in [7, 11) is -3.81. The van der Waals surface area contributed by atoms with E-state index in [9.17, 15) is 13.2 Å². The monoisotopic (exact) mass is 306 g/mol. The van der Waals surface area contributed by atoms with E-state index >= 15 is 0 Å². The molecule has 7 nitrogen and oxygen atoms in total. The van der Waals surface area contributed by atoms with Crippen molar-refractivity contribution in [2.45, 2.75) is 24.5 Å². The number of sulfonamides is 1. The Hall–Kier alpha value is -2.19. The maximum atomic E-state index is 12.6. The van der Waals surface area contributed by atoms with Crippen LogP contribution < -0.4 is 5.32 Å². The molecule has 3 rings (SSSR count). The molecule has 1 amide bonds. The number of carbonyl (C=O) groups is 1. The highest BCUT2D eigenvalue weighted by Gasteiger charge is 2.36. The van der Waals surface area contributed by atoms with Gasteiger partial charge in [0, 0.05) is 12.2 Å². The fourth-order valence-electron chi connectivity index (χ4n) is 2.26. The van der Waals surface area contributed by atoms with Gasteiger partial charge < -0.3 is 5.32 Å². The van der Waals surface area contributed by atoms with Crippen LogP contribution in [0.1, 0.15) is 12.5 Å². The second-order valence-corrected chi connectivity index (χ2v) is 6.65. The van der Waals surface area contributed by atoms with E-state index in [2.05, 4.69) is 15.5 Å². The predicted octanol–water partition coefficient (Wildman–Crippen LogP) is 0.941. The van der Waals surface area contributed by atoms with Crippen molar-refractivity contribution in [3.63, 3.8) is 0 Å². The van der Waals surface area contributed by atoms with Gasteiger partial charge in [0.25, 0.3) is 10.0 Å². The Morgan fingerprint density at radius 3 is 2.76 bits per heavy atom. The van der Waals surface area contributed by atoms with E-state index in [1.807, 2.05) is 6.07 Å². The van der Waals surface area contributed by atoms with Crippen molar-refractivity contribution in [2.75, 3.05) is 5.32 Å². The summed E-state index contributed by atoms with van der Waals surface area (Å²) in [5, 5.41) is 8.83. The number of rotatable bonds is 2. The fraction of sp³-hybridized carbons (Fsp3) is 0.231. The molecule has 0 radical (unpaired) electrons. The number of fused-ring (bicyclic) bond motifs is 1. The van der Waals surface area contributed by atoms with Gasteiger partial charge in [-0.05, 0) is 24.6 Å². The largest absolute Gasteiger partial charge is 0.324 e. The maximum Gasteiger partial charge on any atom is 0.260 e. The molecule has 1 aromatic heterocycles. The number of anilines is 1. The van der Waals surface area contributed by atoms with Crippen LogP contribution in [0.3, 0.4) is 0 Å². The highest BCUT2D eigenvalue weighted by Crippen LogP contribution is 2.27. The number of aromatic amines is 1. The number of H-pyrrole nitrogens is 1. The van der Waals surface area contributed by atoms with E-state index in [1.165, 1.54) is 16.6 Å². The van der Waals surface area contributed by atoms with Crippen molar-refractivity contribution in [2.24, 2.45) is 0 Å². The number of benzene rings is 1. The van der Waals surface area contributed by atoms with Gasteiger partial charge in [-0.3, -0.25) is 9.89 Å². The van der Waals surface area contributed by atoms with E-state index in [4.69, 9.17) is 0 Å². The molecule has 1 aliphatic rings. The van der Waals surface area contributed by atoms with Crippen LogP contribution in [0.25, 0.3) is 0 Å². The second kappa shape index (κ2) is 4.97. The summed E-state index contributed by atoms with van der Waals surface area (Å²) in [5.41, 5.74) is 1.38. The van der Waals surface area contributed by atoms with Gasteiger partial charge in [-0.25, -0.2) is 8.42 Å². The summed E-state index contributed by atoms with van der Waals surface area (Å²) in [4.78, 5) is 12.2. The SMILES string of the molecule is CC1C(=O)Nc2ccccc2CN1S(=O)(=O)c1ccn[nH]1. The summed E-state index contributed by atoms with van der Waals surface area (Å²) >= 11 is 0. The zero-order valence-electron chi connectivity index (χ0n) is 11.3. The molecular formula is C13H14N4O3S. The van der Waals surface area contributed by atoms with E-state index in [0.717, 1.165) is 5.56 Å². The van der Waals surface area contributed by atoms with Gasteiger partial charge in [0.2, 0.25) is 5.91 Å². The van der Waals surface area contributed by atoms with Crippen molar-refractivity contribution in [1.29, 1.82) is 0 Å². The molecule has 21 heavy (non-hydrogen) atoms. The van der Waals surface area contributed by atoms with E-state index in [0.29, 0.717) is 5.69 Å². The fourth-order valence-corrected chi connectivity index (χ4v) is 3.73. The molecule has 2 heterocycles. The van der Waals surface area contributed by atoms with Crippen LogP contribution in [0.2, 0.25) is 0 Å². The van der Waals surface area contributed by atoms with Gasteiger partial charge in [-0.2, -0.15) is 9.40 Å². The molecule has 0 spiro atoms. The van der Waals surface area contributed by atoms with Crippen LogP contribution in [0, 0.1) is 0 Å². The Morgan fingerprint density at radius 2 is 2.05 bits per heavy atom. The van der Waals surface area contributed by atoms with Crippen LogP contribution in [0.15, 0.2) is 41.6 Å². The summed E-state index contributed by atoms with van der Waals surface area (Å²) < 4.78 is 26.5. The Balaban J connectivity index is 2.08. The number of carbonyl (C=O) groups excluding carboxylic acids is 1. The quantitative estimate of drug-likeness (QED) is 0.863. The lowest BCUT2D eigenvalue weighted by Crippen LogP contribution is -2.43. The van der Waals surface area contributed by atoms with Gasteiger partial charge in [-0.1, -0.05) is 18.2 Å². The Bertz CT molecular complexity index is 770. The van der Waals surface area contributed by atoms with Crippen molar-refractivity contribution >= 4 is 21.6 Å². The zero-order chi connectivity index (χ0) is 15.0. The first kappa shape index (κ1) is 13.8. The van der Waals surface area contributed by atoms with Crippen LogP contribution in [0.5, 0.6) is 0 Å². The number of hydrogen-bond acceptors (Lipinski definition) is 4. The highest BCUT2D eigenvalue weighted by molar-refractivity contribution is 7.89. The Morgan fingerprint density at radius 1 is 1.29 bits per heavy atom. The standard InChI is InChI=1S/C13H14N4O3S/c1-9-13(18)15-11-5-3-2-4-10(11)8-17(9)21(19,20)12-6-7-14-16-12/h2-7,9H,8H2,1H3,(H,14,16)(H,15,18). The molecule has 2 aromatic rings. The average Bonchev–Trinajstić information content (AvgIpc) is 2.96. The van der Waals surface area contributed by atoms with Crippen LogP contribution in [-0.4, -0.2) is 34.9 Å². The molecule has 8 heteroatoms. The number of amides is 1. The number of nitrogens with one attached hydrogen (secondary N) is 2. The van der Waals surface area contributed by atoms with Crippen LogP contribution >= 0.6 is 0 Å². The summed E-state index contributed by atoms with van der Waals surface area (Å²) in [6.45, 7) is 1.69. The lowest BCUT2D eigenvalue weighted by molar-refractivity contribution is -0.119. The Labute approximate surface area is 122 Å². The average molecular weight is 306 g/mol. The molecule has 0 aliphatic carbocycles. The number of hydrogen-bond donors (Lipinski definition) is 2.